The molecule has 21 heavy (non-hydrogen) atoms. The van der Waals surface area contributed by atoms with Gasteiger partial charge in [0.2, 0.25) is 0 Å². The third-order valence-electron chi connectivity index (χ3n) is 3.81. The van der Waals surface area contributed by atoms with E-state index in [9.17, 15) is 4.79 Å². The van der Waals surface area contributed by atoms with Crippen LogP contribution in [0.2, 0.25) is 0 Å². The van der Waals surface area contributed by atoms with Crippen LogP contribution in [0.3, 0.4) is 0 Å². The van der Waals surface area contributed by atoms with Crippen LogP contribution < -0.4 is 15.4 Å². The number of rotatable bonds is 8. The van der Waals surface area contributed by atoms with Crippen LogP contribution in [0.15, 0.2) is 18.2 Å². The van der Waals surface area contributed by atoms with E-state index in [-0.39, 0.29) is 12.5 Å². The fourth-order valence-electron chi connectivity index (χ4n) is 2.65. The molecule has 0 radical (unpaired) electrons. The summed E-state index contributed by atoms with van der Waals surface area (Å²) in [5.74, 6) is 0.675. The lowest BCUT2D eigenvalue weighted by Crippen LogP contribution is -2.29. The second-order valence-electron chi connectivity index (χ2n) is 5.68. The lowest BCUT2D eigenvalue weighted by atomic mass is 10.0. The van der Waals surface area contributed by atoms with Crippen molar-refractivity contribution in [2.45, 2.75) is 58.5 Å². The smallest absolute Gasteiger partial charge is 0.262 e. The molecule has 1 amide bonds. The maximum Gasteiger partial charge on any atom is 0.262 e. The summed E-state index contributed by atoms with van der Waals surface area (Å²) in [7, 11) is 0. The predicted octanol–water partition coefficient (Wildman–Crippen LogP) is 3.47. The van der Waals surface area contributed by atoms with E-state index in [4.69, 9.17) is 4.74 Å². The van der Waals surface area contributed by atoms with Crippen molar-refractivity contribution in [2.75, 3.05) is 11.9 Å². The highest BCUT2D eigenvalue weighted by molar-refractivity contribution is 5.95. The van der Waals surface area contributed by atoms with Gasteiger partial charge in [-0.3, -0.25) is 4.79 Å². The Morgan fingerprint density at radius 3 is 2.90 bits per heavy atom. The van der Waals surface area contributed by atoms with E-state index >= 15 is 0 Å². The minimum absolute atomic E-state index is 0.0839. The molecule has 1 aliphatic heterocycles. The minimum Gasteiger partial charge on any atom is -0.482 e. The van der Waals surface area contributed by atoms with Gasteiger partial charge in [0.25, 0.3) is 5.91 Å². The van der Waals surface area contributed by atoms with Gasteiger partial charge in [-0.1, -0.05) is 39.2 Å². The number of amides is 1. The van der Waals surface area contributed by atoms with Crippen molar-refractivity contribution in [1.82, 2.24) is 5.32 Å². The van der Waals surface area contributed by atoms with E-state index < -0.39 is 0 Å². The van der Waals surface area contributed by atoms with Crippen LogP contribution in [-0.4, -0.2) is 18.6 Å². The molecule has 0 fully saturated rings. The molecule has 0 saturated carbocycles. The van der Waals surface area contributed by atoms with Gasteiger partial charge >= 0.3 is 0 Å². The highest BCUT2D eigenvalue weighted by Gasteiger charge is 2.16. The van der Waals surface area contributed by atoms with Crippen LogP contribution in [-0.2, 0) is 11.3 Å². The van der Waals surface area contributed by atoms with Crippen molar-refractivity contribution in [1.29, 1.82) is 0 Å². The second kappa shape index (κ2) is 8.03. The zero-order valence-corrected chi connectivity index (χ0v) is 13.1. The quantitative estimate of drug-likeness (QED) is 0.771. The Morgan fingerprint density at radius 1 is 1.29 bits per heavy atom. The highest BCUT2D eigenvalue weighted by atomic mass is 16.5. The van der Waals surface area contributed by atoms with E-state index in [1.807, 2.05) is 12.1 Å². The molecular weight excluding hydrogens is 264 g/mol. The molecule has 0 aliphatic carbocycles. The lowest BCUT2D eigenvalue weighted by molar-refractivity contribution is -0.118. The molecule has 1 atom stereocenters. The van der Waals surface area contributed by atoms with Crippen molar-refractivity contribution in [3.05, 3.63) is 23.8 Å². The number of benzene rings is 1. The molecule has 0 bridgehead atoms. The largest absolute Gasteiger partial charge is 0.482 e. The van der Waals surface area contributed by atoms with Crippen molar-refractivity contribution >= 4 is 11.6 Å². The van der Waals surface area contributed by atoms with Gasteiger partial charge in [0.05, 0.1) is 5.69 Å². The summed E-state index contributed by atoms with van der Waals surface area (Å²) in [5.41, 5.74) is 1.96. The molecule has 1 heterocycles. The first-order valence-electron chi connectivity index (χ1n) is 8.02. The van der Waals surface area contributed by atoms with Gasteiger partial charge in [0, 0.05) is 12.6 Å². The summed E-state index contributed by atoms with van der Waals surface area (Å²) in [6.45, 7) is 5.40. The number of anilines is 1. The molecule has 0 aromatic heterocycles. The molecule has 116 valence electrons. The number of nitrogens with one attached hydrogen (secondary N) is 2. The summed E-state index contributed by atoms with van der Waals surface area (Å²) in [5, 5.41) is 6.49. The van der Waals surface area contributed by atoms with Gasteiger partial charge in [-0.2, -0.15) is 0 Å². The van der Waals surface area contributed by atoms with Crippen LogP contribution in [0.5, 0.6) is 5.75 Å². The Balaban J connectivity index is 1.92. The Bertz CT molecular complexity index is 474. The first-order chi connectivity index (χ1) is 10.2. The minimum atomic E-state index is -0.0839. The Morgan fingerprint density at radius 2 is 2.14 bits per heavy atom. The monoisotopic (exact) mass is 290 g/mol. The van der Waals surface area contributed by atoms with Crippen LogP contribution in [0.1, 0.15) is 51.5 Å². The van der Waals surface area contributed by atoms with Crippen molar-refractivity contribution < 1.29 is 9.53 Å². The molecule has 0 saturated heterocycles. The van der Waals surface area contributed by atoms with Gasteiger partial charge in [-0.25, -0.2) is 0 Å². The zero-order chi connectivity index (χ0) is 15.1. The van der Waals surface area contributed by atoms with Gasteiger partial charge in [0.15, 0.2) is 6.61 Å². The molecule has 1 aromatic carbocycles. The van der Waals surface area contributed by atoms with Crippen LogP contribution in [0.25, 0.3) is 0 Å². The number of fused-ring (bicyclic) bond motifs is 1. The van der Waals surface area contributed by atoms with E-state index in [2.05, 4.69) is 30.5 Å². The average molecular weight is 290 g/mol. The normalized spacial score (nSPS) is 15.0. The molecule has 4 nitrogen and oxygen atoms in total. The summed E-state index contributed by atoms with van der Waals surface area (Å²) < 4.78 is 5.38. The van der Waals surface area contributed by atoms with Gasteiger partial charge in [0.1, 0.15) is 5.75 Å². The van der Waals surface area contributed by atoms with Crippen LogP contribution in [0.4, 0.5) is 5.69 Å². The molecule has 0 spiro atoms. The first-order valence-corrected chi connectivity index (χ1v) is 8.02. The SMILES string of the molecule is CCCCC(CCC)NCc1ccc2c(c1)NC(=O)CO2. The molecule has 2 rings (SSSR count). The fourth-order valence-corrected chi connectivity index (χ4v) is 2.65. The van der Waals surface area contributed by atoms with Crippen LogP contribution >= 0.6 is 0 Å². The fraction of sp³-hybridized carbons (Fsp3) is 0.588. The summed E-state index contributed by atoms with van der Waals surface area (Å²) in [6.07, 6.45) is 6.16. The molecular formula is C17H26N2O2. The molecule has 1 aliphatic rings. The van der Waals surface area contributed by atoms with Gasteiger partial charge in [-0.15, -0.1) is 0 Å². The number of ether oxygens (including phenoxy) is 1. The van der Waals surface area contributed by atoms with Crippen LogP contribution in [0, 0.1) is 0 Å². The molecule has 1 unspecified atom stereocenters. The Hall–Kier alpha value is -1.55. The number of carbonyl (C=O) groups excluding carboxylic acids is 1. The van der Waals surface area contributed by atoms with Crippen molar-refractivity contribution in [2.24, 2.45) is 0 Å². The Labute approximate surface area is 127 Å². The van der Waals surface area contributed by atoms with E-state index in [1.54, 1.807) is 0 Å². The highest BCUT2D eigenvalue weighted by Crippen LogP contribution is 2.28. The standard InChI is InChI=1S/C17H26N2O2/c1-3-5-7-14(6-4-2)18-11-13-8-9-16-15(10-13)19-17(20)12-21-16/h8-10,14,18H,3-7,11-12H2,1-2H3,(H,19,20). The van der Waals surface area contributed by atoms with Crippen molar-refractivity contribution in [3.63, 3.8) is 0 Å². The average Bonchev–Trinajstić information content (AvgIpc) is 2.49. The van der Waals surface area contributed by atoms with E-state index in [0.717, 1.165) is 18.0 Å². The topological polar surface area (TPSA) is 50.4 Å². The van der Waals surface area contributed by atoms with E-state index in [1.165, 1.54) is 37.7 Å². The Kier molecular flexibility index (Phi) is 6.05. The third-order valence-corrected chi connectivity index (χ3v) is 3.81. The number of hydrogen-bond donors (Lipinski definition) is 2. The maximum absolute atomic E-state index is 11.4. The van der Waals surface area contributed by atoms with E-state index in [0.29, 0.717) is 6.04 Å². The first kappa shape index (κ1) is 15.8. The van der Waals surface area contributed by atoms with Gasteiger partial charge in [-0.05, 0) is 30.5 Å². The number of carbonyl (C=O) groups is 1. The molecule has 1 aromatic rings. The summed E-state index contributed by atoms with van der Waals surface area (Å²) in [4.78, 5) is 11.4. The van der Waals surface area contributed by atoms with Gasteiger partial charge < -0.3 is 15.4 Å². The number of unbranched alkanes of at least 4 members (excludes halogenated alkanes) is 1. The lowest BCUT2D eigenvalue weighted by Gasteiger charge is -2.20. The number of hydrogen-bond acceptors (Lipinski definition) is 3. The predicted molar refractivity (Wildman–Crippen MR) is 85.6 cm³/mol. The zero-order valence-electron chi connectivity index (χ0n) is 13.1. The third kappa shape index (κ3) is 4.74. The summed E-state index contributed by atoms with van der Waals surface area (Å²) in [6, 6.07) is 6.58. The van der Waals surface area contributed by atoms with Crippen molar-refractivity contribution in [3.8, 4) is 5.75 Å². The maximum atomic E-state index is 11.4. The second-order valence-corrected chi connectivity index (χ2v) is 5.68. The molecule has 4 heteroatoms. The summed E-state index contributed by atoms with van der Waals surface area (Å²) >= 11 is 0. The molecule has 2 N–H and O–H groups in total.